The van der Waals surface area contributed by atoms with Crippen molar-refractivity contribution in [2.45, 2.75) is 25.1 Å². The van der Waals surface area contributed by atoms with Crippen LogP contribution in [-0.4, -0.2) is 33.3 Å². The van der Waals surface area contributed by atoms with Crippen molar-refractivity contribution in [2.75, 3.05) is 12.3 Å². The first-order chi connectivity index (χ1) is 13.5. The monoisotopic (exact) mass is 419 g/mol. The Labute approximate surface area is 171 Å². The van der Waals surface area contributed by atoms with E-state index in [-0.39, 0.29) is 23.5 Å². The topological polar surface area (TPSA) is 59.2 Å². The van der Waals surface area contributed by atoms with Crippen LogP contribution in [0.1, 0.15) is 25.5 Å². The molecule has 0 N–H and O–H groups in total. The number of carbonyl (C=O) groups is 1. The summed E-state index contributed by atoms with van der Waals surface area (Å²) in [4.78, 5) is 14.4. The second-order valence-electron chi connectivity index (χ2n) is 6.05. The van der Waals surface area contributed by atoms with Crippen LogP contribution in [-0.2, 0) is 4.79 Å². The third-order valence-electron chi connectivity index (χ3n) is 4.31. The van der Waals surface area contributed by atoms with Gasteiger partial charge in [0.05, 0.1) is 22.4 Å². The Morgan fingerprint density at radius 3 is 2.61 bits per heavy atom. The smallest absolute Gasteiger partial charge is 0.277 e. The molecule has 1 aromatic heterocycles. The van der Waals surface area contributed by atoms with Gasteiger partial charge in [-0.15, -0.1) is 10.2 Å². The molecule has 3 aromatic rings. The molecule has 0 spiro atoms. The van der Waals surface area contributed by atoms with Gasteiger partial charge in [-0.05, 0) is 43.7 Å². The van der Waals surface area contributed by atoms with E-state index in [1.807, 2.05) is 26.0 Å². The van der Waals surface area contributed by atoms with Crippen LogP contribution in [0.25, 0.3) is 11.5 Å². The second kappa shape index (κ2) is 9.21. The van der Waals surface area contributed by atoms with E-state index in [9.17, 15) is 9.18 Å². The van der Waals surface area contributed by atoms with Crippen molar-refractivity contribution in [3.8, 4) is 11.5 Å². The van der Waals surface area contributed by atoms with Gasteiger partial charge in [-0.1, -0.05) is 47.6 Å². The van der Waals surface area contributed by atoms with Crippen LogP contribution in [0.4, 0.5) is 4.39 Å². The Morgan fingerprint density at radius 2 is 1.93 bits per heavy atom. The third-order valence-corrected chi connectivity index (χ3v) is 5.44. The number of hydrogen-bond acceptors (Lipinski definition) is 5. The second-order valence-corrected chi connectivity index (χ2v) is 7.38. The number of thioether (sulfide) groups is 1. The summed E-state index contributed by atoms with van der Waals surface area (Å²) < 4.78 is 18.8. The molecule has 0 aliphatic heterocycles. The quantitative estimate of drug-likeness (QED) is 0.490. The van der Waals surface area contributed by atoms with E-state index < -0.39 is 0 Å². The van der Waals surface area contributed by atoms with Crippen molar-refractivity contribution < 1.29 is 13.6 Å². The van der Waals surface area contributed by atoms with Crippen molar-refractivity contribution >= 4 is 29.3 Å². The lowest BCUT2D eigenvalue weighted by Gasteiger charge is -2.28. The number of halogens is 2. The van der Waals surface area contributed by atoms with Crippen molar-refractivity contribution in [2.24, 2.45) is 0 Å². The average Bonchev–Trinajstić information content (AvgIpc) is 3.16. The molecule has 8 heteroatoms. The van der Waals surface area contributed by atoms with Crippen LogP contribution in [0.15, 0.2) is 58.2 Å². The van der Waals surface area contributed by atoms with Gasteiger partial charge in [0, 0.05) is 6.54 Å². The van der Waals surface area contributed by atoms with Gasteiger partial charge in [-0.2, -0.15) is 0 Å². The molecule has 1 amide bonds. The first-order valence-corrected chi connectivity index (χ1v) is 10.1. The van der Waals surface area contributed by atoms with Gasteiger partial charge in [0.1, 0.15) is 5.82 Å². The molecule has 1 unspecified atom stereocenters. The van der Waals surface area contributed by atoms with Crippen LogP contribution < -0.4 is 0 Å². The number of aromatic nitrogens is 2. The number of nitrogens with zero attached hydrogens (tertiary/aromatic N) is 3. The van der Waals surface area contributed by atoms with Gasteiger partial charge >= 0.3 is 0 Å². The molecule has 0 bridgehead atoms. The standard InChI is InChI=1S/C20H19ClFN3O2S/c1-3-25(13(2)14-8-10-15(22)11-9-14)18(26)12-28-20-24-23-19(27-20)16-6-4-5-7-17(16)21/h4-11,13H,3,12H2,1-2H3. The predicted octanol–water partition coefficient (Wildman–Crippen LogP) is 5.23. The van der Waals surface area contributed by atoms with E-state index in [0.29, 0.717) is 28.2 Å². The molecule has 2 aromatic carbocycles. The molecule has 28 heavy (non-hydrogen) atoms. The number of rotatable bonds is 7. The van der Waals surface area contributed by atoms with Gasteiger partial charge in [-0.3, -0.25) is 4.79 Å². The zero-order valence-corrected chi connectivity index (χ0v) is 17.0. The number of amides is 1. The molecule has 146 valence electrons. The molecule has 0 radical (unpaired) electrons. The van der Waals surface area contributed by atoms with E-state index in [2.05, 4.69) is 10.2 Å². The molecule has 1 atom stereocenters. The molecule has 0 saturated carbocycles. The van der Waals surface area contributed by atoms with E-state index in [0.717, 1.165) is 5.56 Å². The molecule has 0 aliphatic rings. The predicted molar refractivity (Wildman–Crippen MR) is 108 cm³/mol. The SMILES string of the molecule is CCN(C(=O)CSc1nnc(-c2ccccc2Cl)o1)C(C)c1ccc(F)cc1. The maximum absolute atomic E-state index is 13.1. The van der Waals surface area contributed by atoms with E-state index in [4.69, 9.17) is 16.0 Å². The minimum absolute atomic E-state index is 0.0678. The third kappa shape index (κ3) is 4.72. The molecule has 5 nitrogen and oxygen atoms in total. The maximum atomic E-state index is 13.1. The lowest BCUT2D eigenvalue weighted by Crippen LogP contribution is -2.34. The highest BCUT2D eigenvalue weighted by atomic mass is 35.5. The van der Waals surface area contributed by atoms with Crippen LogP contribution in [0.3, 0.4) is 0 Å². The van der Waals surface area contributed by atoms with Crippen LogP contribution >= 0.6 is 23.4 Å². The average molecular weight is 420 g/mol. The normalized spacial score (nSPS) is 12.0. The lowest BCUT2D eigenvalue weighted by molar-refractivity contribution is -0.130. The van der Waals surface area contributed by atoms with Crippen LogP contribution in [0.2, 0.25) is 5.02 Å². The highest BCUT2D eigenvalue weighted by molar-refractivity contribution is 7.99. The van der Waals surface area contributed by atoms with Crippen molar-refractivity contribution in [3.63, 3.8) is 0 Å². The van der Waals surface area contributed by atoms with Crippen molar-refractivity contribution in [3.05, 3.63) is 64.9 Å². The first-order valence-electron chi connectivity index (χ1n) is 8.75. The van der Waals surface area contributed by atoms with Crippen molar-refractivity contribution in [1.29, 1.82) is 0 Å². The Hall–Kier alpha value is -2.38. The van der Waals surface area contributed by atoms with Crippen LogP contribution in [0.5, 0.6) is 0 Å². The number of benzene rings is 2. The summed E-state index contributed by atoms with van der Waals surface area (Å²) in [6, 6.07) is 13.2. The van der Waals surface area contributed by atoms with Gasteiger partial charge in [0.2, 0.25) is 11.8 Å². The van der Waals surface area contributed by atoms with Gasteiger partial charge < -0.3 is 9.32 Å². The molecule has 1 heterocycles. The highest BCUT2D eigenvalue weighted by Crippen LogP contribution is 2.29. The Balaban J connectivity index is 1.64. The molecule has 3 rings (SSSR count). The number of hydrogen-bond donors (Lipinski definition) is 0. The lowest BCUT2D eigenvalue weighted by atomic mass is 10.1. The molecule has 0 aliphatic carbocycles. The van der Waals surface area contributed by atoms with Crippen molar-refractivity contribution in [1.82, 2.24) is 15.1 Å². The molecule has 0 saturated heterocycles. The van der Waals surface area contributed by atoms with E-state index in [1.165, 1.54) is 23.9 Å². The summed E-state index contributed by atoms with van der Waals surface area (Å²) in [5, 5.41) is 8.79. The largest absolute Gasteiger partial charge is 0.411 e. The summed E-state index contributed by atoms with van der Waals surface area (Å²) in [7, 11) is 0. The summed E-state index contributed by atoms with van der Waals surface area (Å²) in [6.45, 7) is 4.36. The zero-order valence-electron chi connectivity index (χ0n) is 15.4. The Morgan fingerprint density at radius 1 is 1.21 bits per heavy atom. The molecular weight excluding hydrogens is 401 g/mol. The number of carbonyl (C=O) groups excluding carboxylic acids is 1. The fourth-order valence-electron chi connectivity index (χ4n) is 2.81. The molecular formula is C20H19ClFN3O2S. The van der Waals surface area contributed by atoms with E-state index in [1.54, 1.807) is 29.2 Å². The highest BCUT2D eigenvalue weighted by Gasteiger charge is 2.21. The minimum atomic E-state index is -0.299. The van der Waals surface area contributed by atoms with Crippen LogP contribution in [0, 0.1) is 5.82 Å². The maximum Gasteiger partial charge on any atom is 0.277 e. The Kier molecular flexibility index (Phi) is 6.70. The summed E-state index contributed by atoms with van der Waals surface area (Å²) >= 11 is 7.31. The van der Waals surface area contributed by atoms with Gasteiger partial charge in [0.15, 0.2) is 0 Å². The fraction of sp³-hybridized carbons (Fsp3) is 0.250. The van der Waals surface area contributed by atoms with E-state index >= 15 is 0 Å². The summed E-state index contributed by atoms with van der Waals surface area (Å²) in [6.07, 6.45) is 0. The Bertz CT molecular complexity index is 949. The fourth-order valence-corrected chi connectivity index (χ4v) is 3.67. The van der Waals surface area contributed by atoms with Gasteiger partial charge in [-0.25, -0.2) is 4.39 Å². The van der Waals surface area contributed by atoms with Gasteiger partial charge in [0.25, 0.3) is 5.22 Å². The molecule has 0 fully saturated rings. The first kappa shape index (κ1) is 20.4. The zero-order chi connectivity index (χ0) is 20.1. The summed E-state index contributed by atoms with van der Waals surface area (Å²) in [5.74, 6) is 0.102. The summed E-state index contributed by atoms with van der Waals surface area (Å²) in [5.41, 5.74) is 1.52. The minimum Gasteiger partial charge on any atom is -0.411 e.